The van der Waals surface area contributed by atoms with Gasteiger partial charge < -0.3 is 20.3 Å². The third-order valence-corrected chi connectivity index (χ3v) is 3.44. The number of hydrogen-bond acceptors (Lipinski definition) is 4. The second-order valence-corrected chi connectivity index (χ2v) is 6.32. The van der Waals surface area contributed by atoms with Gasteiger partial charge in [-0.3, -0.25) is 0 Å². The number of carbonyl (C=O) groups is 1. The lowest BCUT2D eigenvalue weighted by atomic mass is 9.83. The zero-order valence-corrected chi connectivity index (χ0v) is 12.2. The summed E-state index contributed by atoms with van der Waals surface area (Å²) >= 11 is 0. The summed E-state index contributed by atoms with van der Waals surface area (Å²) in [4.78, 5) is 11.7. The number of hydrogen-bond donors (Lipinski definition) is 3. The molecule has 0 heterocycles. The van der Waals surface area contributed by atoms with Gasteiger partial charge in [0.15, 0.2) is 0 Å². The smallest absolute Gasteiger partial charge is 0.408 e. The summed E-state index contributed by atoms with van der Waals surface area (Å²) in [6.45, 7) is 5.05. The van der Waals surface area contributed by atoms with Crippen LogP contribution in [0.5, 0.6) is 0 Å². The van der Waals surface area contributed by atoms with Crippen LogP contribution in [0.2, 0.25) is 0 Å². The van der Waals surface area contributed by atoms with Crippen LogP contribution in [0.15, 0.2) is 0 Å². The highest BCUT2D eigenvalue weighted by atomic mass is 16.6. The molecule has 0 aromatic rings. The third kappa shape index (κ3) is 5.78. The van der Waals surface area contributed by atoms with Crippen molar-refractivity contribution in [3.05, 3.63) is 0 Å². The molecule has 1 fully saturated rings. The Bertz CT molecular complexity index is 282. The largest absolute Gasteiger partial charge is 0.444 e. The van der Waals surface area contributed by atoms with Crippen molar-refractivity contribution in [2.75, 3.05) is 6.61 Å². The first kappa shape index (κ1) is 16.2. The highest BCUT2D eigenvalue weighted by Crippen LogP contribution is 2.27. The summed E-state index contributed by atoms with van der Waals surface area (Å²) < 4.78 is 5.14. The quantitative estimate of drug-likeness (QED) is 0.730. The van der Waals surface area contributed by atoms with E-state index in [1.807, 2.05) is 0 Å². The maximum atomic E-state index is 11.7. The predicted octanol–water partition coefficient (Wildman–Crippen LogP) is 1.81. The van der Waals surface area contributed by atoms with Gasteiger partial charge in [-0.15, -0.1) is 0 Å². The van der Waals surface area contributed by atoms with E-state index in [-0.39, 0.29) is 12.5 Å². The van der Waals surface area contributed by atoms with Crippen molar-refractivity contribution in [1.82, 2.24) is 5.32 Å². The van der Waals surface area contributed by atoms with Crippen LogP contribution < -0.4 is 5.32 Å². The molecule has 5 nitrogen and oxygen atoms in total. The van der Waals surface area contributed by atoms with Gasteiger partial charge in [-0.2, -0.15) is 0 Å². The molecule has 1 aliphatic carbocycles. The number of aliphatic hydroxyl groups excluding tert-OH is 2. The predicted molar refractivity (Wildman–Crippen MR) is 72.8 cm³/mol. The van der Waals surface area contributed by atoms with Gasteiger partial charge in [0, 0.05) is 0 Å². The Labute approximate surface area is 115 Å². The van der Waals surface area contributed by atoms with Crippen molar-refractivity contribution < 1.29 is 19.7 Å². The Hall–Kier alpha value is -0.810. The Morgan fingerprint density at radius 1 is 1.32 bits per heavy atom. The van der Waals surface area contributed by atoms with Crippen LogP contribution in [0.1, 0.15) is 52.9 Å². The van der Waals surface area contributed by atoms with Crippen LogP contribution >= 0.6 is 0 Å². The lowest BCUT2D eigenvalue weighted by Gasteiger charge is -2.32. The molecule has 112 valence electrons. The zero-order valence-electron chi connectivity index (χ0n) is 12.2. The molecule has 5 heteroatoms. The Morgan fingerprint density at radius 2 is 1.89 bits per heavy atom. The molecule has 1 rings (SSSR count). The summed E-state index contributed by atoms with van der Waals surface area (Å²) in [5, 5.41) is 22.2. The monoisotopic (exact) mass is 273 g/mol. The molecule has 0 aromatic carbocycles. The zero-order chi connectivity index (χ0) is 14.5. The standard InChI is InChI=1S/C14H27NO4/c1-14(2,3)19-13(18)15-11(9-16)12(17)10-7-5-4-6-8-10/h10-12,16-17H,4-9H2,1-3H3,(H,15,18). The van der Waals surface area contributed by atoms with Gasteiger partial charge in [-0.05, 0) is 39.5 Å². The maximum absolute atomic E-state index is 11.7. The summed E-state index contributed by atoms with van der Waals surface area (Å²) in [5.74, 6) is 0.154. The fourth-order valence-corrected chi connectivity index (χ4v) is 2.50. The van der Waals surface area contributed by atoms with Gasteiger partial charge in [-0.25, -0.2) is 4.79 Å². The molecule has 19 heavy (non-hydrogen) atoms. The van der Waals surface area contributed by atoms with Crippen LogP contribution in [0.4, 0.5) is 4.79 Å². The average molecular weight is 273 g/mol. The topological polar surface area (TPSA) is 78.8 Å². The lowest BCUT2D eigenvalue weighted by Crippen LogP contribution is -2.50. The number of ether oxygens (including phenoxy) is 1. The maximum Gasteiger partial charge on any atom is 0.408 e. The van der Waals surface area contributed by atoms with Crippen molar-refractivity contribution in [1.29, 1.82) is 0 Å². The molecule has 0 aromatic heterocycles. The van der Waals surface area contributed by atoms with Crippen LogP contribution in [0.3, 0.4) is 0 Å². The summed E-state index contributed by atoms with van der Waals surface area (Å²) in [6.07, 6.45) is 4.01. The highest BCUT2D eigenvalue weighted by molar-refractivity contribution is 5.68. The van der Waals surface area contributed by atoms with Gasteiger partial charge in [0.2, 0.25) is 0 Å². The number of amides is 1. The highest BCUT2D eigenvalue weighted by Gasteiger charge is 2.30. The molecular weight excluding hydrogens is 246 g/mol. The van der Waals surface area contributed by atoms with Crippen molar-refractivity contribution in [3.63, 3.8) is 0 Å². The van der Waals surface area contributed by atoms with E-state index in [1.54, 1.807) is 20.8 Å². The van der Waals surface area contributed by atoms with E-state index in [2.05, 4.69) is 5.32 Å². The minimum absolute atomic E-state index is 0.154. The van der Waals surface area contributed by atoms with E-state index in [4.69, 9.17) is 4.74 Å². The number of rotatable bonds is 4. The van der Waals surface area contributed by atoms with Crippen molar-refractivity contribution in [2.24, 2.45) is 5.92 Å². The molecule has 1 aliphatic rings. The van der Waals surface area contributed by atoms with E-state index in [0.29, 0.717) is 0 Å². The molecule has 0 spiro atoms. The molecule has 0 bridgehead atoms. The third-order valence-electron chi connectivity index (χ3n) is 3.44. The summed E-state index contributed by atoms with van der Waals surface area (Å²) in [5.41, 5.74) is -0.583. The molecular formula is C14H27NO4. The first-order chi connectivity index (χ1) is 8.83. The van der Waals surface area contributed by atoms with E-state index < -0.39 is 23.8 Å². The molecule has 1 saturated carbocycles. The Morgan fingerprint density at radius 3 is 2.37 bits per heavy atom. The second-order valence-electron chi connectivity index (χ2n) is 6.32. The Balaban J connectivity index is 2.49. The van der Waals surface area contributed by atoms with E-state index in [1.165, 1.54) is 6.42 Å². The van der Waals surface area contributed by atoms with Crippen molar-refractivity contribution in [2.45, 2.75) is 70.6 Å². The fourth-order valence-electron chi connectivity index (χ4n) is 2.50. The first-order valence-corrected chi connectivity index (χ1v) is 7.12. The molecule has 0 radical (unpaired) electrons. The minimum atomic E-state index is -0.710. The molecule has 2 unspecified atom stereocenters. The van der Waals surface area contributed by atoms with Crippen LogP contribution in [0, 0.1) is 5.92 Å². The van der Waals surface area contributed by atoms with Crippen molar-refractivity contribution >= 4 is 6.09 Å². The van der Waals surface area contributed by atoms with Crippen molar-refractivity contribution in [3.8, 4) is 0 Å². The van der Waals surface area contributed by atoms with E-state index >= 15 is 0 Å². The van der Waals surface area contributed by atoms with Crippen LogP contribution in [-0.4, -0.2) is 40.7 Å². The normalized spacial score (nSPS) is 20.7. The number of alkyl carbamates (subject to hydrolysis) is 1. The number of aliphatic hydroxyl groups is 2. The second kappa shape index (κ2) is 7.10. The Kier molecular flexibility index (Phi) is 6.07. The lowest BCUT2D eigenvalue weighted by molar-refractivity contribution is 0.0127. The molecule has 3 N–H and O–H groups in total. The molecule has 0 saturated heterocycles. The average Bonchev–Trinajstić information content (AvgIpc) is 2.34. The SMILES string of the molecule is CC(C)(C)OC(=O)NC(CO)C(O)C1CCCCC1. The number of carbonyl (C=O) groups excluding carboxylic acids is 1. The van der Waals surface area contributed by atoms with Gasteiger partial charge in [-0.1, -0.05) is 19.3 Å². The molecule has 1 amide bonds. The van der Waals surface area contributed by atoms with Gasteiger partial charge in [0.1, 0.15) is 5.60 Å². The van der Waals surface area contributed by atoms with E-state index in [9.17, 15) is 15.0 Å². The van der Waals surface area contributed by atoms with Gasteiger partial charge >= 0.3 is 6.09 Å². The summed E-state index contributed by atoms with van der Waals surface area (Å²) in [7, 11) is 0. The van der Waals surface area contributed by atoms with Gasteiger partial charge in [0.05, 0.1) is 18.8 Å². The number of nitrogens with one attached hydrogen (secondary N) is 1. The fraction of sp³-hybridized carbons (Fsp3) is 0.929. The van der Waals surface area contributed by atoms with Gasteiger partial charge in [0.25, 0.3) is 0 Å². The van der Waals surface area contributed by atoms with E-state index in [0.717, 1.165) is 25.7 Å². The first-order valence-electron chi connectivity index (χ1n) is 7.12. The minimum Gasteiger partial charge on any atom is -0.444 e. The molecule has 0 aliphatic heterocycles. The van der Waals surface area contributed by atoms with Crippen LogP contribution in [0.25, 0.3) is 0 Å². The van der Waals surface area contributed by atoms with Crippen LogP contribution in [-0.2, 0) is 4.74 Å². The molecule has 2 atom stereocenters. The summed E-state index contributed by atoms with van der Waals surface area (Å²) in [6, 6.07) is -0.655.